The molecule has 1 aliphatic rings. The van der Waals surface area contributed by atoms with Gasteiger partial charge in [-0.15, -0.1) is 0 Å². The smallest absolute Gasteiger partial charge is 0.231 e. The summed E-state index contributed by atoms with van der Waals surface area (Å²) in [7, 11) is 3.19. The minimum Gasteiger partial charge on any atom is -0.481 e. The van der Waals surface area contributed by atoms with Crippen molar-refractivity contribution in [1.82, 2.24) is 9.97 Å². The molecule has 1 saturated heterocycles. The predicted octanol–water partition coefficient (Wildman–Crippen LogP) is 1.86. The third-order valence-corrected chi connectivity index (χ3v) is 3.71. The monoisotopic (exact) mass is 301 g/mol. The van der Waals surface area contributed by atoms with E-state index in [0.29, 0.717) is 22.5 Å². The molecule has 0 bridgehead atoms. The number of aromatic nitrogens is 2. The molecule has 94 valence electrons. The van der Waals surface area contributed by atoms with Crippen LogP contribution in [0.1, 0.15) is 12.8 Å². The van der Waals surface area contributed by atoms with Crippen LogP contribution in [0.25, 0.3) is 0 Å². The van der Waals surface area contributed by atoms with Gasteiger partial charge in [0.1, 0.15) is 0 Å². The first kappa shape index (κ1) is 12.4. The van der Waals surface area contributed by atoms with Crippen molar-refractivity contribution in [1.29, 1.82) is 0 Å². The lowest BCUT2D eigenvalue weighted by atomic mass is 10.1. The molecule has 6 heteroatoms. The van der Waals surface area contributed by atoms with E-state index in [2.05, 4.69) is 30.8 Å². The average molecular weight is 302 g/mol. The highest BCUT2D eigenvalue weighted by Crippen LogP contribution is 2.24. The first-order valence-corrected chi connectivity index (χ1v) is 6.50. The van der Waals surface area contributed by atoms with E-state index < -0.39 is 0 Å². The van der Waals surface area contributed by atoms with E-state index in [1.807, 2.05) is 0 Å². The lowest BCUT2D eigenvalue weighted by Gasteiger charge is -2.29. The molecule has 0 N–H and O–H groups in total. The van der Waals surface area contributed by atoms with Gasteiger partial charge in [-0.25, -0.2) is 0 Å². The van der Waals surface area contributed by atoms with Crippen molar-refractivity contribution >= 4 is 21.9 Å². The summed E-state index contributed by atoms with van der Waals surface area (Å²) in [4.78, 5) is 11.5. The van der Waals surface area contributed by atoms with Crippen molar-refractivity contribution in [2.75, 3.05) is 32.2 Å². The van der Waals surface area contributed by atoms with Gasteiger partial charge in [-0.2, -0.15) is 9.97 Å². The van der Waals surface area contributed by atoms with E-state index in [-0.39, 0.29) is 0 Å². The highest BCUT2D eigenvalue weighted by atomic mass is 79.9. The van der Waals surface area contributed by atoms with Gasteiger partial charge >= 0.3 is 0 Å². The summed E-state index contributed by atoms with van der Waals surface area (Å²) in [6.07, 6.45) is 2.20. The molecule has 0 spiro atoms. The second-order valence-corrected chi connectivity index (χ2v) is 5.21. The van der Waals surface area contributed by atoms with Gasteiger partial charge in [-0.05, 0) is 12.8 Å². The zero-order valence-corrected chi connectivity index (χ0v) is 11.6. The molecule has 0 unspecified atom stereocenters. The zero-order valence-electron chi connectivity index (χ0n) is 10.0. The summed E-state index contributed by atoms with van der Waals surface area (Å²) < 4.78 is 10.3. The first-order chi connectivity index (χ1) is 8.22. The van der Waals surface area contributed by atoms with E-state index in [1.54, 1.807) is 20.3 Å². The molecule has 5 nitrogen and oxygen atoms in total. The van der Waals surface area contributed by atoms with Crippen LogP contribution in [0.4, 0.5) is 5.95 Å². The van der Waals surface area contributed by atoms with Crippen molar-refractivity contribution in [2.45, 2.75) is 17.7 Å². The molecule has 1 aliphatic heterocycles. The van der Waals surface area contributed by atoms with Gasteiger partial charge in [-0.3, -0.25) is 0 Å². The maximum Gasteiger partial charge on any atom is 0.231 e. The summed E-state index contributed by atoms with van der Waals surface area (Å²) in [6, 6.07) is 1.68. The minimum absolute atomic E-state index is 0.535. The van der Waals surface area contributed by atoms with Crippen LogP contribution in [0.5, 0.6) is 11.8 Å². The zero-order chi connectivity index (χ0) is 12.3. The van der Waals surface area contributed by atoms with E-state index in [9.17, 15) is 0 Å². The van der Waals surface area contributed by atoms with Crippen LogP contribution in [0.2, 0.25) is 0 Å². The maximum atomic E-state index is 5.14. The van der Waals surface area contributed by atoms with Crippen LogP contribution in [-0.2, 0) is 0 Å². The van der Waals surface area contributed by atoms with Crippen LogP contribution in [0, 0.1) is 0 Å². The van der Waals surface area contributed by atoms with Crippen LogP contribution in [0.3, 0.4) is 0 Å². The lowest BCUT2D eigenvalue weighted by Crippen LogP contribution is -2.35. The quantitative estimate of drug-likeness (QED) is 0.798. The van der Waals surface area contributed by atoms with Crippen LogP contribution < -0.4 is 14.4 Å². The minimum atomic E-state index is 0.535. The third kappa shape index (κ3) is 3.00. The van der Waals surface area contributed by atoms with Crippen molar-refractivity contribution < 1.29 is 9.47 Å². The molecule has 0 atom stereocenters. The highest BCUT2D eigenvalue weighted by molar-refractivity contribution is 9.09. The summed E-state index contributed by atoms with van der Waals surface area (Å²) >= 11 is 3.63. The standard InChI is InChI=1S/C11H16BrN3O2/c1-16-9-7-10(17-2)14-11(13-9)15-5-3-8(12)4-6-15/h7-8H,3-6H2,1-2H3. The van der Waals surface area contributed by atoms with Gasteiger partial charge in [-0.1, -0.05) is 15.9 Å². The van der Waals surface area contributed by atoms with Gasteiger partial charge in [0, 0.05) is 17.9 Å². The second kappa shape index (κ2) is 5.53. The molecule has 0 aliphatic carbocycles. The van der Waals surface area contributed by atoms with Crippen LogP contribution >= 0.6 is 15.9 Å². The maximum absolute atomic E-state index is 5.14. The Morgan fingerprint density at radius 3 is 2.18 bits per heavy atom. The fourth-order valence-corrected chi connectivity index (χ4v) is 2.20. The molecule has 1 aromatic heterocycles. The number of anilines is 1. The average Bonchev–Trinajstić information content (AvgIpc) is 2.39. The van der Waals surface area contributed by atoms with Crippen molar-refractivity contribution in [3.63, 3.8) is 0 Å². The molecule has 2 rings (SSSR count). The molecular formula is C11H16BrN3O2. The molecule has 0 amide bonds. The Kier molecular flexibility index (Phi) is 4.04. The number of halogens is 1. The Morgan fingerprint density at radius 1 is 1.18 bits per heavy atom. The van der Waals surface area contributed by atoms with E-state index in [4.69, 9.17) is 9.47 Å². The van der Waals surface area contributed by atoms with Crippen molar-refractivity contribution in [3.05, 3.63) is 6.07 Å². The Balaban J connectivity index is 2.19. The normalized spacial score (nSPS) is 17.0. The van der Waals surface area contributed by atoms with Crippen molar-refractivity contribution in [3.8, 4) is 11.8 Å². The second-order valence-electron chi connectivity index (χ2n) is 3.91. The Hall–Kier alpha value is -1.04. The molecule has 0 radical (unpaired) electrons. The van der Waals surface area contributed by atoms with Gasteiger partial charge < -0.3 is 14.4 Å². The number of alkyl halides is 1. The summed E-state index contributed by atoms with van der Waals surface area (Å²) in [5, 5.41) is 0. The molecule has 1 fully saturated rings. The number of methoxy groups -OCH3 is 2. The molecule has 0 aromatic carbocycles. The fourth-order valence-electron chi connectivity index (χ4n) is 1.79. The number of hydrogen-bond acceptors (Lipinski definition) is 5. The number of piperidine rings is 1. The molecular weight excluding hydrogens is 286 g/mol. The molecule has 17 heavy (non-hydrogen) atoms. The van der Waals surface area contributed by atoms with Crippen LogP contribution in [0.15, 0.2) is 6.07 Å². The largest absolute Gasteiger partial charge is 0.481 e. The summed E-state index contributed by atoms with van der Waals surface area (Å²) in [5.41, 5.74) is 0. The van der Waals surface area contributed by atoms with Crippen molar-refractivity contribution in [2.24, 2.45) is 0 Å². The Morgan fingerprint density at radius 2 is 1.71 bits per heavy atom. The lowest BCUT2D eigenvalue weighted by molar-refractivity contribution is 0.371. The number of nitrogens with zero attached hydrogens (tertiary/aromatic N) is 3. The molecule has 1 aromatic rings. The molecule has 0 saturated carbocycles. The topological polar surface area (TPSA) is 47.5 Å². The predicted molar refractivity (Wildman–Crippen MR) is 69.3 cm³/mol. The number of ether oxygens (including phenoxy) is 2. The van der Waals surface area contributed by atoms with Gasteiger partial charge in [0.25, 0.3) is 0 Å². The fraction of sp³-hybridized carbons (Fsp3) is 0.636. The van der Waals surface area contributed by atoms with Gasteiger partial charge in [0.15, 0.2) is 0 Å². The van der Waals surface area contributed by atoms with E-state index in [0.717, 1.165) is 25.9 Å². The summed E-state index contributed by atoms with van der Waals surface area (Å²) in [5.74, 6) is 1.75. The first-order valence-electron chi connectivity index (χ1n) is 5.59. The third-order valence-electron chi connectivity index (χ3n) is 2.79. The van der Waals surface area contributed by atoms with E-state index in [1.165, 1.54) is 0 Å². The van der Waals surface area contributed by atoms with Gasteiger partial charge in [0.05, 0.1) is 20.3 Å². The van der Waals surface area contributed by atoms with Crippen LogP contribution in [-0.4, -0.2) is 42.1 Å². The Labute approximate surface area is 109 Å². The number of rotatable bonds is 3. The molecule has 2 heterocycles. The number of hydrogen-bond donors (Lipinski definition) is 0. The van der Waals surface area contributed by atoms with Gasteiger partial charge in [0.2, 0.25) is 17.7 Å². The summed E-state index contributed by atoms with van der Waals surface area (Å²) in [6.45, 7) is 1.90. The SMILES string of the molecule is COc1cc(OC)nc(N2CCC(Br)CC2)n1. The Bertz CT molecular complexity index is 359. The highest BCUT2D eigenvalue weighted by Gasteiger charge is 2.20. The van der Waals surface area contributed by atoms with E-state index >= 15 is 0 Å².